The zero-order chi connectivity index (χ0) is 12.3. The van der Waals surface area contributed by atoms with Crippen molar-refractivity contribution in [2.45, 2.75) is 19.9 Å². The first-order valence-electron chi connectivity index (χ1n) is 6.40. The predicted molar refractivity (Wildman–Crippen MR) is 71.2 cm³/mol. The van der Waals surface area contributed by atoms with Crippen LogP contribution in [0.3, 0.4) is 0 Å². The molecule has 1 aliphatic rings. The Bertz CT molecular complexity index is 356. The smallest absolute Gasteiger partial charge is 0.133 e. The van der Waals surface area contributed by atoms with Crippen molar-refractivity contribution in [3.05, 3.63) is 23.9 Å². The van der Waals surface area contributed by atoms with E-state index in [1.807, 2.05) is 19.2 Å². The van der Waals surface area contributed by atoms with Crippen LogP contribution in [0.5, 0.6) is 0 Å². The Morgan fingerprint density at radius 3 is 2.65 bits per heavy atom. The van der Waals surface area contributed by atoms with Crippen molar-refractivity contribution < 1.29 is 0 Å². The fraction of sp³-hybridized carbons (Fsp3) is 0.615. The molecule has 94 valence electrons. The van der Waals surface area contributed by atoms with Crippen LogP contribution in [0.25, 0.3) is 0 Å². The van der Waals surface area contributed by atoms with Gasteiger partial charge in [0.15, 0.2) is 0 Å². The molecule has 2 heterocycles. The lowest BCUT2D eigenvalue weighted by Gasteiger charge is -2.36. The van der Waals surface area contributed by atoms with Crippen LogP contribution in [0.15, 0.2) is 18.3 Å². The normalized spacial score (nSPS) is 19.4. The van der Waals surface area contributed by atoms with Gasteiger partial charge in [-0.2, -0.15) is 0 Å². The van der Waals surface area contributed by atoms with Gasteiger partial charge in [-0.15, -0.1) is 0 Å². The van der Waals surface area contributed by atoms with Crippen molar-refractivity contribution >= 4 is 5.82 Å². The summed E-state index contributed by atoms with van der Waals surface area (Å²) in [7, 11) is 0. The van der Waals surface area contributed by atoms with Crippen LogP contribution in [0.4, 0.5) is 5.82 Å². The second kappa shape index (κ2) is 5.47. The largest absolute Gasteiger partial charge is 0.354 e. The molecule has 1 fully saturated rings. The SMILES string of the molecule is CCN1CCN(c2ncccc2C(C)N)CC1. The summed E-state index contributed by atoms with van der Waals surface area (Å²) in [6.45, 7) is 9.69. The van der Waals surface area contributed by atoms with E-state index in [4.69, 9.17) is 5.73 Å². The van der Waals surface area contributed by atoms with Crippen molar-refractivity contribution in [2.24, 2.45) is 5.73 Å². The van der Waals surface area contributed by atoms with Crippen molar-refractivity contribution in [1.82, 2.24) is 9.88 Å². The molecular weight excluding hydrogens is 212 g/mol. The highest BCUT2D eigenvalue weighted by atomic mass is 15.3. The molecule has 1 aromatic heterocycles. The molecule has 4 heteroatoms. The molecule has 1 atom stereocenters. The average molecular weight is 234 g/mol. The van der Waals surface area contributed by atoms with E-state index in [2.05, 4.69) is 27.8 Å². The van der Waals surface area contributed by atoms with Gasteiger partial charge in [-0.05, 0) is 19.5 Å². The van der Waals surface area contributed by atoms with Crippen molar-refractivity contribution in [2.75, 3.05) is 37.6 Å². The molecule has 1 aromatic rings. The first-order valence-corrected chi connectivity index (χ1v) is 6.40. The zero-order valence-corrected chi connectivity index (χ0v) is 10.8. The highest BCUT2D eigenvalue weighted by Crippen LogP contribution is 2.23. The van der Waals surface area contributed by atoms with Gasteiger partial charge in [0.2, 0.25) is 0 Å². The molecule has 0 saturated carbocycles. The quantitative estimate of drug-likeness (QED) is 0.855. The third kappa shape index (κ3) is 2.76. The van der Waals surface area contributed by atoms with Crippen LogP contribution in [0.2, 0.25) is 0 Å². The fourth-order valence-electron chi connectivity index (χ4n) is 2.30. The number of piperazine rings is 1. The minimum absolute atomic E-state index is 0.0444. The standard InChI is InChI=1S/C13H22N4/c1-3-16-7-9-17(10-8-16)13-12(11(2)14)5-4-6-15-13/h4-6,11H,3,7-10,14H2,1-2H3. The van der Waals surface area contributed by atoms with Crippen molar-refractivity contribution in [3.8, 4) is 0 Å². The van der Waals surface area contributed by atoms with E-state index in [0.29, 0.717) is 0 Å². The second-order valence-electron chi connectivity index (χ2n) is 4.63. The molecule has 0 aromatic carbocycles. The van der Waals surface area contributed by atoms with Crippen LogP contribution in [0, 0.1) is 0 Å². The highest BCUT2D eigenvalue weighted by molar-refractivity contribution is 5.48. The second-order valence-corrected chi connectivity index (χ2v) is 4.63. The molecule has 2 rings (SSSR count). The van der Waals surface area contributed by atoms with Gasteiger partial charge in [0.25, 0.3) is 0 Å². The monoisotopic (exact) mass is 234 g/mol. The maximum absolute atomic E-state index is 6.00. The Hall–Kier alpha value is -1.13. The van der Waals surface area contributed by atoms with Gasteiger partial charge >= 0.3 is 0 Å². The van der Waals surface area contributed by atoms with Crippen LogP contribution in [-0.4, -0.2) is 42.6 Å². The summed E-state index contributed by atoms with van der Waals surface area (Å²) in [6.07, 6.45) is 1.85. The van der Waals surface area contributed by atoms with E-state index < -0.39 is 0 Å². The molecule has 0 bridgehead atoms. The maximum atomic E-state index is 6.00. The summed E-state index contributed by atoms with van der Waals surface area (Å²) in [4.78, 5) is 9.32. The number of rotatable bonds is 3. The lowest BCUT2D eigenvalue weighted by molar-refractivity contribution is 0.270. The molecule has 0 radical (unpaired) electrons. The lowest BCUT2D eigenvalue weighted by atomic mass is 10.1. The number of hydrogen-bond acceptors (Lipinski definition) is 4. The topological polar surface area (TPSA) is 45.4 Å². The molecule has 1 unspecified atom stereocenters. The number of hydrogen-bond donors (Lipinski definition) is 1. The van der Waals surface area contributed by atoms with E-state index in [-0.39, 0.29) is 6.04 Å². The summed E-state index contributed by atoms with van der Waals surface area (Å²) in [5, 5.41) is 0. The number of nitrogens with zero attached hydrogens (tertiary/aromatic N) is 3. The number of aromatic nitrogens is 1. The number of likely N-dealkylation sites (N-methyl/N-ethyl adjacent to an activating group) is 1. The van der Waals surface area contributed by atoms with Gasteiger partial charge in [-0.1, -0.05) is 13.0 Å². The van der Waals surface area contributed by atoms with Crippen LogP contribution in [-0.2, 0) is 0 Å². The van der Waals surface area contributed by atoms with Crippen molar-refractivity contribution in [3.63, 3.8) is 0 Å². The molecule has 0 aliphatic carbocycles. The Kier molecular flexibility index (Phi) is 3.97. The van der Waals surface area contributed by atoms with Gasteiger partial charge in [0.1, 0.15) is 5.82 Å². The molecular formula is C13H22N4. The highest BCUT2D eigenvalue weighted by Gasteiger charge is 2.19. The fourth-order valence-corrected chi connectivity index (χ4v) is 2.30. The predicted octanol–water partition coefficient (Wildman–Crippen LogP) is 1.24. The average Bonchev–Trinajstić information content (AvgIpc) is 2.39. The van der Waals surface area contributed by atoms with Crippen LogP contribution >= 0.6 is 0 Å². The summed E-state index contributed by atoms with van der Waals surface area (Å²) in [5.41, 5.74) is 7.15. The van der Waals surface area contributed by atoms with Crippen molar-refractivity contribution in [1.29, 1.82) is 0 Å². The Morgan fingerprint density at radius 2 is 2.06 bits per heavy atom. The summed E-state index contributed by atoms with van der Waals surface area (Å²) < 4.78 is 0. The number of nitrogens with two attached hydrogens (primary N) is 1. The first kappa shape index (κ1) is 12.3. The van der Waals surface area contributed by atoms with E-state index >= 15 is 0 Å². The zero-order valence-electron chi connectivity index (χ0n) is 10.8. The van der Waals surface area contributed by atoms with Gasteiger partial charge < -0.3 is 15.5 Å². The molecule has 0 spiro atoms. The molecule has 1 aliphatic heterocycles. The molecule has 0 amide bonds. The van der Waals surface area contributed by atoms with Crippen LogP contribution < -0.4 is 10.6 Å². The van der Waals surface area contributed by atoms with Gasteiger partial charge in [-0.25, -0.2) is 4.98 Å². The summed E-state index contributed by atoms with van der Waals surface area (Å²) in [6, 6.07) is 4.09. The van der Waals surface area contributed by atoms with Gasteiger partial charge in [-0.3, -0.25) is 0 Å². The molecule has 2 N–H and O–H groups in total. The van der Waals surface area contributed by atoms with Crippen LogP contribution in [0.1, 0.15) is 25.5 Å². The van der Waals surface area contributed by atoms with E-state index in [0.717, 1.165) is 44.1 Å². The molecule has 17 heavy (non-hydrogen) atoms. The van der Waals surface area contributed by atoms with E-state index in [1.54, 1.807) is 0 Å². The third-order valence-corrected chi connectivity index (χ3v) is 3.43. The van der Waals surface area contributed by atoms with E-state index in [9.17, 15) is 0 Å². The Morgan fingerprint density at radius 1 is 1.35 bits per heavy atom. The Labute approximate surface area is 103 Å². The van der Waals surface area contributed by atoms with E-state index in [1.165, 1.54) is 0 Å². The lowest BCUT2D eigenvalue weighted by Crippen LogP contribution is -2.46. The number of anilines is 1. The minimum Gasteiger partial charge on any atom is -0.354 e. The third-order valence-electron chi connectivity index (χ3n) is 3.43. The molecule has 1 saturated heterocycles. The summed E-state index contributed by atoms with van der Waals surface area (Å²) >= 11 is 0. The maximum Gasteiger partial charge on any atom is 0.133 e. The van der Waals surface area contributed by atoms with Gasteiger partial charge in [0, 0.05) is 44.0 Å². The first-order chi connectivity index (χ1) is 8.22. The Balaban J connectivity index is 2.13. The summed E-state index contributed by atoms with van der Waals surface area (Å²) in [5.74, 6) is 1.07. The minimum atomic E-state index is 0.0444. The molecule has 4 nitrogen and oxygen atoms in total. The van der Waals surface area contributed by atoms with Gasteiger partial charge in [0.05, 0.1) is 0 Å². The number of pyridine rings is 1.